The van der Waals surface area contributed by atoms with Gasteiger partial charge in [0.15, 0.2) is 11.4 Å². The van der Waals surface area contributed by atoms with Gasteiger partial charge in [-0.2, -0.15) is 0 Å². The average molecular weight is 583 g/mol. The molecule has 0 bridgehead atoms. The van der Waals surface area contributed by atoms with Crippen LogP contribution in [-0.4, -0.2) is 87.2 Å². The van der Waals surface area contributed by atoms with Crippen molar-refractivity contribution in [2.75, 3.05) is 26.0 Å². The number of ketones is 2. The van der Waals surface area contributed by atoms with Crippen molar-refractivity contribution in [3.63, 3.8) is 0 Å². The number of benzene rings is 1. The number of aliphatic hydroxyl groups excluding tert-OH is 3. The summed E-state index contributed by atoms with van der Waals surface area (Å²) in [5.74, 6) is -9.96. The van der Waals surface area contributed by atoms with E-state index in [4.69, 9.17) is 5.73 Å². The van der Waals surface area contributed by atoms with Gasteiger partial charge >= 0.3 is 0 Å². The highest BCUT2D eigenvalue weighted by atomic mass is 19.1. The van der Waals surface area contributed by atoms with E-state index in [-0.39, 0.29) is 25.1 Å². The first kappa shape index (κ1) is 29.0. The maximum Gasteiger partial charge on any atom is 0.255 e. The van der Waals surface area contributed by atoms with Gasteiger partial charge in [-0.15, -0.1) is 0 Å². The third-order valence-electron chi connectivity index (χ3n) is 8.51. The Morgan fingerprint density at radius 1 is 1.10 bits per heavy atom. The fraction of sp³-hybridized carbons (Fsp3) is 0.379. The van der Waals surface area contributed by atoms with Crippen LogP contribution in [0.1, 0.15) is 12.8 Å². The number of aliphatic hydroxyl groups is 4. The number of rotatable bonds is 6. The molecule has 0 spiro atoms. The van der Waals surface area contributed by atoms with Crippen molar-refractivity contribution in [2.24, 2.45) is 23.5 Å². The van der Waals surface area contributed by atoms with Crippen LogP contribution >= 0.6 is 0 Å². The first-order chi connectivity index (χ1) is 19.8. The van der Waals surface area contributed by atoms with Gasteiger partial charge in [-0.05, 0) is 51.1 Å². The zero-order valence-corrected chi connectivity index (χ0v) is 22.8. The molecule has 13 heteroatoms. The van der Waals surface area contributed by atoms with Crippen molar-refractivity contribution in [3.8, 4) is 0 Å². The Hall–Kier alpha value is -4.49. The molecule has 8 N–H and O–H groups in total. The minimum atomic E-state index is -2.80. The normalized spacial score (nSPS) is 30.9. The molecule has 42 heavy (non-hydrogen) atoms. The second kappa shape index (κ2) is 10.4. The largest absolute Gasteiger partial charge is 0.510 e. The summed E-state index contributed by atoms with van der Waals surface area (Å²) in [6.07, 6.45) is -1.02. The number of alkyl halides is 1. The molecule has 0 radical (unpaired) electrons. The number of carbonyl (C=O) groups excluding carboxylic acids is 4. The number of hydrogen-bond donors (Lipinski definition) is 7. The molecule has 6 atom stereocenters. The summed E-state index contributed by atoms with van der Waals surface area (Å²) in [7, 11) is 3.04. The van der Waals surface area contributed by atoms with E-state index in [1.54, 1.807) is 30.3 Å². The first-order valence-corrected chi connectivity index (χ1v) is 13.3. The zero-order valence-electron chi connectivity index (χ0n) is 22.8. The number of nitrogens with two attached hydrogens (primary N) is 1. The van der Waals surface area contributed by atoms with Gasteiger partial charge in [0.1, 0.15) is 29.0 Å². The van der Waals surface area contributed by atoms with Crippen LogP contribution in [0, 0.1) is 17.8 Å². The minimum Gasteiger partial charge on any atom is -0.510 e. The van der Waals surface area contributed by atoms with Gasteiger partial charge in [0, 0.05) is 23.1 Å². The molecule has 5 rings (SSSR count). The van der Waals surface area contributed by atoms with Crippen LogP contribution in [-0.2, 0) is 19.2 Å². The summed E-state index contributed by atoms with van der Waals surface area (Å²) in [5.41, 5.74) is 1.11. The van der Waals surface area contributed by atoms with Crippen LogP contribution in [0.3, 0.4) is 0 Å². The van der Waals surface area contributed by atoms with E-state index in [9.17, 15) is 39.6 Å². The SMILES string of the molecule is CN(C)[C@@H]1C(O)=C(C(N)=O)C(=O)[C@@]2(O)C(O)=C3C(=O)C4=C(O)C(NC(=O)CNc5ccccc5)=CC(F)C4C[C@H]3C[C@@H]12. The Morgan fingerprint density at radius 2 is 1.76 bits per heavy atom. The quantitative estimate of drug-likeness (QED) is 0.236. The topological polar surface area (TPSA) is 203 Å². The van der Waals surface area contributed by atoms with Crippen LogP contribution in [0.4, 0.5) is 10.1 Å². The number of anilines is 1. The van der Waals surface area contributed by atoms with E-state index < -0.39 is 92.9 Å². The smallest absolute Gasteiger partial charge is 0.255 e. The molecular weight excluding hydrogens is 551 g/mol. The molecule has 0 aliphatic heterocycles. The van der Waals surface area contributed by atoms with E-state index in [2.05, 4.69) is 10.6 Å². The standard InChI is InChI=1S/C29H31FN4O8/c1-34(2)22-15-9-12-8-14-16(30)10-17(33-18(35)11-32-13-6-4-3-5-7-13)23(36)20(14)24(37)19(12)26(39)29(15,42)27(40)21(25(22)38)28(31)41/h3-7,10,12,14-16,22,32,36,38-39,42H,8-9,11H2,1-2H3,(H2,31,41)(H,33,35)/t12-,14?,15-,16?,22-,29-/m0/s1. The fourth-order valence-corrected chi connectivity index (χ4v) is 6.64. The molecule has 2 amide bonds. The van der Waals surface area contributed by atoms with Crippen LogP contribution < -0.4 is 16.4 Å². The number of amides is 2. The molecule has 12 nitrogen and oxygen atoms in total. The van der Waals surface area contributed by atoms with Crippen LogP contribution in [0.2, 0.25) is 0 Å². The predicted molar refractivity (Wildman–Crippen MR) is 146 cm³/mol. The van der Waals surface area contributed by atoms with Gasteiger partial charge in [-0.3, -0.25) is 24.1 Å². The molecule has 4 aliphatic carbocycles. The molecule has 0 heterocycles. The zero-order chi connectivity index (χ0) is 30.7. The summed E-state index contributed by atoms with van der Waals surface area (Å²) in [6.45, 7) is -0.224. The molecule has 1 fully saturated rings. The highest BCUT2D eigenvalue weighted by molar-refractivity contribution is 6.24. The lowest BCUT2D eigenvalue weighted by Gasteiger charge is -2.51. The van der Waals surface area contributed by atoms with Crippen molar-refractivity contribution in [1.29, 1.82) is 0 Å². The predicted octanol–water partition coefficient (Wildman–Crippen LogP) is 0.841. The van der Waals surface area contributed by atoms with E-state index in [0.717, 1.165) is 6.08 Å². The number of allylic oxidation sites excluding steroid dienone is 3. The Balaban J connectivity index is 1.50. The van der Waals surface area contributed by atoms with Gasteiger partial charge in [0.2, 0.25) is 11.7 Å². The number of nitrogens with zero attached hydrogens (tertiary/aromatic N) is 1. The number of likely N-dealkylation sites (N-methyl/N-ethyl adjacent to an activating group) is 1. The number of nitrogens with one attached hydrogen (secondary N) is 2. The van der Waals surface area contributed by atoms with Gasteiger partial charge in [0.25, 0.3) is 5.91 Å². The lowest BCUT2D eigenvalue weighted by Crippen LogP contribution is -2.64. The van der Waals surface area contributed by atoms with Crippen LogP contribution in [0.15, 0.2) is 76.1 Å². The summed E-state index contributed by atoms with van der Waals surface area (Å²) in [6, 6.07) is 7.65. The van der Waals surface area contributed by atoms with Crippen molar-refractivity contribution < 1.29 is 44.0 Å². The van der Waals surface area contributed by atoms with E-state index in [1.165, 1.54) is 19.0 Å². The molecule has 1 aromatic carbocycles. The Kier molecular flexibility index (Phi) is 7.19. The van der Waals surface area contributed by atoms with Crippen LogP contribution in [0.25, 0.3) is 0 Å². The third-order valence-corrected chi connectivity index (χ3v) is 8.51. The van der Waals surface area contributed by atoms with Crippen molar-refractivity contribution in [3.05, 3.63) is 76.1 Å². The highest BCUT2D eigenvalue weighted by Gasteiger charge is 2.64. The number of hydrogen-bond acceptors (Lipinski definition) is 10. The fourth-order valence-electron chi connectivity index (χ4n) is 6.64. The van der Waals surface area contributed by atoms with Gasteiger partial charge in [-0.1, -0.05) is 18.2 Å². The number of primary amides is 1. The summed E-state index contributed by atoms with van der Waals surface area (Å²) in [4.78, 5) is 53.2. The van der Waals surface area contributed by atoms with Crippen molar-refractivity contribution >= 4 is 29.1 Å². The van der Waals surface area contributed by atoms with E-state index in [0.29, 0.717) is 5.69 Å². The lowest BCUT2D eigenvalue weighted by molar-refractivity contribution is -0.149. The molecule has 0 aromatic heterocycles. The van der Waals surface area contributed by atoms with Gasteiger partial charge < -0.3 is 36.8 Å². The summed E-state index contributed by atoms with van der Waals surface area (Å²) < 4.78 is 15.5. The lowest BCUT2D eigenvalue weighted by atomic mass is 9.57. The first-order valence-electron chi connectivity index (χ1n) is 13.3. The number of Topliss-reactive ketones (excluding diaryl/α,β-unsaturated/α-hetero) is 2. The summed E-state index contributed by atoms with van der Waals surface area (Å²) >= 11 is 0. The molecule has 0 saturated heterocycles. The molecule has 1 aromatic rings. The average Bonchev–Trinajstić information content (AvgIpc) is 2.92. The van der Waals surface area contributed by atoms with E-state index in [1.807, 2.05) is 0 Å². The molecule has 4 aliphatic rings. The molecular formula is C29H31FN4O8. The monoisotopic (exact) mass is 582 g/mol. The highest BCUT2D eigenvalue weighted by Crippen LogP contribution is 2.54. The Bertz CT molecular complexity index is 1510. The maximum atomic E-state index is 15.5. The number of halogens is 1. The molecule has 222 valence electrons. The molecule has 2 unspecified atom stereocenters. The Morgan fingerprint density at radius 3 is 2.38 bits per heavy atom. The summed E-state index contributed by atoms with van der Waals surface area (Å²) in [5, 5.41) is 50.1. The van der Waals surface area contributed by atoms with Crippen molar-refractivity contribution in [1.82, 2.24) is 10.2 Å². The van der Waals surface area contributed by atoms with E-state index >= 15 is 4.39 Å². The second-order valence-corrected chi connectivity index (χ2v) is 11.2. The van der Waals surface area contributed by atoms with Crippen molar-refractivity contribution in [2.45, 2.75) is 30.7 Å². The second-order valence-electron chi connectivity index (χ2n) is 11.2. The number of fused-ring (bicyclic) bond motifs is 3. The Labute approximate surface area is 239 Å². The minimum absolute atomic E-state index is 0.0902. The van der Waals surface area contributed by atoms with Gasteiger partial charge in [-0.25, -0.2) is 4.39 Å². The number of carbonyl (C=O) groups is 4. The number of para-hydroxylation sites is 1. The van der Waals surface area contributed by atoms with Crippen LogP contribution in [0.5, 0.6) is 0 Å². The van der Waals surface area contributed by atoms with Gasteiger partial charge in [0.05, 0.1) is 23.9 Å². The maximum absolute atomic E-state index is 15.5. The molecule has 1 saturated carbocycles. The third kappa shape index (κ3) is 4.36.